The van der Waals surface area contributed by atoms with Crippen LogP contribution in [0.4, 0.5) is 0 Å². The molecule has 0 spiro atoms. The lowest BCUT2D eigenvalue weighted by molar-refractivity contribution is -0.113. The van der Waals surface area contributed by atoms with Crippen molar-refractivity contribution in [2.75, 3.05) is 0 Å². The molecule has 0 saturated heterocycles. The van der Waals surface area contributed by atoms with Gasteiger partial charge < -0.3 is 0 Å². The Kier molecular flexibility index (Phi) is 3.01. The minimum absolute atomic E-state index is 0.620. The highest BCUT2D eigenvalue weighted by molar-refractivity contribution is 7.07. The molecule has 0 aromatic carbocycles. The van der Waals surface area contributed by atoms with Crippen molar-refractivity contribution in [3.63, 3.8) is 0 Å². The van der Waals surface area contributed by atoms with E-state index < -0.39 is 5.91 Å². The van der Waals surface area contributed by atoms with E-state index in [1.807, 2.05) is 0 Å². The lowest BCUT2D eigenvalue weighted by Gasteiger charge is -1.78. The number of nitrogens with zero attached hydrogens (tertiary/aromatic N) is 4. The zero-order valence-corrected chi connectivity index (χ0v) is 6.73. The van der Waals surface area contributed by atoms with Crippen LogP contribution >= 0.6 is 11.3 Å². The Morgan fingerprint density at radius 1 is 1.83 bits per heavy atom. The van der Waals surface area contributed by atoms with Gasteiger partial charge in [0.1, 0.15) is 0 Å². The summed E-state index contributed by atoms with van der Waals surface area (Å²) in [5.41, 5.74) is 10.2. The van der Waals surface area contributed by atoms with Crippen molar-refractivity contribution >= 4 is 23.3 Å². The van der Waals surface area contributed by atoms with Crippen molar-refractivity contribution in [2.24, 2.45) is 5.11 Å². The first-order valence-corrected chi connectivity index (χ1v) is 3.92. The first-order chi connectivity index (χ1) is 5.83. The van der Waals surface area contributed by atoms with Gasteiger partial charge in [0.2, 0.25) is 5.91 Å². The largest absolute Gasteiger partial charge is 0.288 e. The van der Waals surface area contributed by atoms with Crippen LogP contribution < -0.4 is 0 Å². The van der Waals surface area contributed by atoms with Crippen LogP contribution in [0.15, 0.2) is 22.1 Å². The average molecular weight is 180 g/mol. The van der Waals surface area contributed by atoms with Gasteiger partial charge in [-0.25, -0.2) is 4.98 Å². The first kappa shape index (κ1) is 8.45. The maximum Gasteiger partial charge on any atom is 0.242 e. The maximum atomic E-state index is 10.6. The van der Waals surface area contributed by atoms with Crippen LogP contribution in [-0.2, 0) is 4.79 Å². The monoisotopic (exact) mass is 180 g/mol. The molecule has 0 unspecified atom stereocenters. The number of carbonyl (C=O) groups is 1. The summed E-state index contributed by atoms with van der Waals surface area (Å²) in [6, 6.07) is 0. The van der Waals surface area contributed by atoms with E-state index in [0.717, 1.165) is 0 Å². The number of hydrogen-bond acceptors (Lipinski definition) is 3. The Labute approximate surface area is 72.0 Å². The fraction of sp³-hybridized carbons (Fsp3) is 0. The molecule has 0 radical (unpaired) electrons. The molecule has 0 bridgehead atoms. The highest BCUT2D eigenvalue weighted by Gasteiger charge is 1.90. The molecular formula is C6H4N4OS. The van der Waals surface area contributed by atoms with Gasteiger partial charge in [-0.15, -0.1) is 11.3 Å². The van der Waals surface area contributed by atoms with Gasteiger partial charge in [0.15, 0.2) is 0 Å². The van der Waals surface area contributed by atoms with E-state index in [4.69, 9.17) is 5.53 Å². The lowest BCUT2D eigenvalue weighted by Crippen LogP contribution is -1.81. The molecule has 0 saturated carbocycles. The highest BCUT2D eigenvalue weighted by atomic mass is 32.1. The average Bonchev–Trinajstić information content (AvgIpc) is 2.53. The van der Waals surface area contributed by atoms with E-state index in [1.54, 1.807) is 10.9 Å². The summed E-state index contributed by atoms with van der Waals surface area (Å²) in [4.78, 5) is 16.8. The third kappa shape index (κ3) is 2.53. The molecule has 12 heavy (non-hydrogen) atoms. The lowest BCUT2D eigenvalue weighted by atomic mass is 10.4. The smallest absolute Gasteiger partial charge is 0.242 e. The topological polar surface area (TPSA) is 78.7 Å². The van der Waals surface area contributed by atoms with E-state index in [9.17, 15) is 4.79 Å². The quantitative estimate of drug-likeness (QED) is 0.302. The fourth-order valence-corrected chi connectivity index (χ4v) is 1.06. The molecule has 0 aliphatic carbocycles. The van der Waals surface area contributed by atoms with Crippen molar-refractivity contribution in [1.82, 2.24) is 4.98 Å². The molecule has 5 nitrogen and oxygen atoms in total. The zero-order valence-electron chi connectivity index (χ0n) is 5.91. The van der Waals surface area contributed by atoms with Crippen LogP contribution in [0.5, 0.6) is 0 Å². The van der Waals surface area contributed by atoms with Gasteiger partial charge in [0.25, 0.3) is 0 Å². The number of rotatable bonds is 2. The third-order valence-electron chi connectivity index (χ3n) is 0.991. The van der Waals surface area contributed by atoms with Crippen LogP contribution in [0.1, 0.15) is 5.69 Å². The van der Waals surface area contributed by atoms with Gasteiger partial charge in [0, 0.05) is 10.3 Å². The number of amides is 1. The second kappa shape index (κ2) is 4.27. The number of carbonyl (C=O) groups excluding carboxylic acids is 1. The predicted octanol–water partition coefficient (Wildman–Crippen LogP) is 1.99. The summed E-state index contributed by atoms with van der Waals surface area (Å²) in [7, 11) is 0. The minimum atomic E-state index is -0.620. The van der Waals surface area contributed by atoms with E-state index >= 15 is 0 Å². The molecule has 1 aromatic heterocycles. The Hall–Kier alpha value is -1.65. The molecule has 0 N–H and O–H groups in total. The van der Waals surface area contributed by atoms with Gasteiger partial charge in [-0.2, -0.15) is 0 Å². The van der Waals surface area contributed by atoms with Crippen molar-refractivity contribution < 1.29 is 4.79 Å². The molecule has 6 heteroatoms. The highest BCUT2D eigenvalue weighted by Crippen LogP contribution is 2.02. The molecule has 0 aliphatic rings. The summed E-state index contributed by atoms with van der Waals surface area (Å²) in [6.07, 6.45) is 2.67. The van der Waals surface area contributed by atoms with Crippen molar-refractivity contribution in [3.8, 4) is 0 Å². The predicted molar refractivity (Wildman–Crippen MR) is 45.3 cm³/mol. The molecule has 60 valence electrons. The normalized spacial score (nSPS) is 9.67. The van der Waals surface area contributed by atoms with Gasteiger partial charge in [-0.1, -0.05) is 0 Å². The summed E-state index contributed by atoms with van der Waals surface area (Å²) in [5, 5.41) is 4.63. The second-order valence-corrected chi connectivity index (χ2v) is 2.49. The number of thiazole rings is 1. The summed E-state index contributed by atoms with van der Waals surface area (Å²) < 4.78 is 0. The molecule has 1 heterocycles. The number of aromatic nitrogens is 1. The van der Waals surface area contributed by atoms with Crippen LogP contribution in [-0.4, -0.2) is 10.9 Å². The number of hydrogen-bond donors (Lipinski definition) is 0. The molecule has 0 fully saturated rings. The van der Waals surface area contributed by atoms with Gasteiger partial charge >= 0.3 is 0 Å². The van der Waals surface area contributed by atoms with E-state index in [0.29, 0.717) is 5.69 Å². The third-order valence-corrected chi connectivity index (χ3v) is 1.60. The standard InChI is InChI=1S/C6H4N4OS/c7-10-9-6(11)2-1-5-3-12-4-8-5/h1-4H. The van der Waals surface area contributed by atoms with Gasteiger partial charge in [0.05, 0.1) is 11.2 Å². The van der Waals surface area contributed by atoms with Crippen LogP contribution in [0.3, 0.4) is 0 Å². The molecule has 1 aromatic rings. The van der Waals surface area contributed by atoms with Crippen LogP contribution in [0.2, 0.25) is 0 Å². The Bertz CT molecular complexity index is 336. The van der Waals surface area contributed by atoms with E-state index in [-0.39, 0.29) is 0 Å². The summed E-state index contributed by atoms with van der Waals surface area (Å²) in [5.74, 6) is -0.620. The fourth-order valence-electron chi connectivity index (χ4n) is 0.538. The van der Waals surface area contributed by atoms with E-state index in [2.05, 4.69) is 15.0 Å². The molecular weight excluding hydrogens is 176 g/mol. The van der Waals surface area contributed by atoms with Crippen molar-refractivity contribution in [1.29, 1.82) is 0 Å². The summed E-state index contributed by atoms with van der Waals surface area (Å²) in [6.45, 7) is 0. The molecule has 1 rings (SSSR count). The number of azide groups is 1. The summed E-state index contributed by atoms with van der Waals surface area (Å²) >= 11 is 1.43. The zero-order chi connectivity index (χ0) is 8.81. The minimum Gasteiger partial charge on any atom is -0.288 e. The van der Waals surface area contributed by atoms with Crippen LogP contribution in [0.25, 0.3) is 16.5 Å². The second-order valence-electron chi connectivity index (χ2n) is 1.77. The Balaban J connectivity index is 2.62. The molecule has 0 aliphatic heterocycles. The first-order valence-electron chi connectivity index (χ1n) is 2.98. The Morgan fingerprint density at radius 2 is 2.67 bits per heavy atom. The van der Waals surface area contributed by atoms with Crippen molar-refractivity contribution in [2.45, 2.75) is 0 Å². The molecule has 1 amide bonds. The van der Waals surface area contributed by atoms with Crippen molar-refractivity contribution in [3.05, 3.63) is 33.1 Å². The van der Waals surface area contributed by atoms with Gasteiger partial charge in [-0.3, -0.25) is 4.79 Å². The van der Waals surface area contributed by atoms with Gasteiger partial charge in [-0.05, 0) is 22.8 Å². The Morgan fingerprint density at radius 3 is 3.25 bits per heavy atom. The van der Waals surface area contributed by atoms with Crippen LogP contribution in [0, 0.1) is 0 Å². The SMILES string of the molecule is [N-]=[N+]=NC(=O)C=Cc1cscn1. The maximum absolute atomic E-state index is 10.6. The molecule has 0 atom stereocenters. The van der Waals surface area contributed by atoms with E-state index in [1.165, 1.54) is 23.5 Å².